The summed E-state index contributed by atoms with van der Waals surface area (Å²) < 4.78 is 0. The van der Waals surface area contributed by atoms with Crippen LogP contribution in [0.1, 0.15) is 30.0 Å². The second-order valence-electron chi connectivity index (χ2n) is 3.62. The minimum absolute atomic E-state index is 0.185. The lowest BCUT2D eigenvalue weighted by Gasteiger charge is -2.12. The van der Waals surface area contributed by atoms with Crippen LogP contribution in [0.15, 0.2) is 18.3 Å². The van der Waals surface area contributed by atoms with Crippen LogP contribution in [0.4, 0.5) is 0 Å². The van der Waals surface area contributed by atoms with Gasteiger partial charge in [-0.15, -0.1) is 0 Å². The van der Waals surface area contributed by atoms with Gasteiger partial charge in [0, 0.05) is 17.8 Å². The van der Waals surface area contributed by atoms with Gasteiger partial charge >= 0.3 is 11.9 Å². The van der Waals surface area contributed by atoms with Gasteiger partial charge < -0.3 is 10.2 Å². The highest BCUT2D eigenvalue weighted by Gasteiger charge is 2.19. The van der Waals surface area contributed by atoms with E-state index in [-0.39, 0.29) is 12.8 Å². The number of pyridine rings is 1. The molecule has 0 aromatic carbocycles. The average Bonchev–Trinajstić information content (AvgIpc) is 2.15. The Morgan fingerprint density at radius 3 is 2.31 bits per heavy atom. The standard InChI is InChI=1S/C11H13NO4/c1-7-4-8(2-3-12-7)9(5-10(13)14)6-11(15)16/h2-4,9H,5-6H2,1H3,(H,13,14)(H,15,16). The molecule has 0 radical (unpaired) electrons. The number of rotatable bonds is 5. The van der Waals surface area contributed by atoms with Crippen LogP contribution in [0.5, 0.6) is 0 Å². The number of carboxylic acid groups (broad SMARTS) is 2. The topological polar surface area (TPSA) is 87.5 Å². The molecule has 0 saturated carbocycles. The molecule has 0 bridgehead atoms. The molecule has 0 aliphatic carbocycles. The van der Waals surface area contributed by atoms with Crippen molar-refractivity contribution in [1.82, 2.24) is 4.98 Å². The van der Waals surface area contributed by atoms with Gasteiger partial charge in [-0.25, -0.2) is 0 Å². The minimum Gasteiger partial charge on any atom is -0.481 e. The maximum Gasteiger partial charge on any atom is 0.303 e. The van der Waals surface area contributed by atoms with Gasteiger partial charge in [0.2, 0.25) is 0 Å². The first-order valence-corrected chi connectivity index (χ1v) is 4.85. The van der Waals surface area contributed by atoms with Crippen LogP contribution in [0.2, 0.25) is 0 Å². The molecule has 16 heavy (non-hydrogen) atoms. The van der Waals surface area contributed by atoms with Crippen molar-refractivity contribution in [2.75, 3.05) is 0 Å². The Morgan fingerprint density at radius 1 is 1.31 bits per heavy atom. The molecule has 0 unspecified atom stereocenters. The quantitative estimate of drug-likeness (QED) is 0.788. The predicted octanol–water partition coefficient (Wildman–Crippen LogP) is 1.42. The summed E-state index contributed by atoms with van der Waals surface area (Å²) in [5.74, 6) is -2.50. The molecule has 2 N–H and O–H groups in total. The van der Waals surface area contributed by atoms with Gasteiger partial charge in [0.05, 0.1) is 12.8 Å². The van der Waals surface area contributed by atoms with Crippen molar-refractivity contribution in [3.05, 3.63) is 29.6 Å². The van der Waals surface area contributed by atoms with E-state index in [1.165, 1.54) is 0 Å². The smallest absolute Gasteiger partial charge is 0.303 e. The zero-order valence-electron chi connectivity index (χ0n) is 8.88. The Labute approximate surface area is 92.8 Å². The third-order valence-electron chi connectivity index (χ3n) is 2.23. The summed E-state index contributed by atoms with van der Waals surface area (Å²) in [5, 5.41) is 17.4. The fourth-order valence-electron chi connectivity index (χ4n) is 1.55. The van der Waals surface area contributed by atoms with Crippen molar-refractivity contribution in [2.24, 2.45) is 0 Å². The summed E-state index contributed by atoms with van der Waals surface area (Å²) in [5.41, 5.74) is 1.45. The highest BCUT2D eigenvalue weighted by molar-refractivity contribution is 5.72. The molecule has 0 aliphatic heterocycles. The van der Waals surface area contributed by atoms with Crippen molar-refractivity contribution < 1.29 is 19.8 Å². The van der Waals surface area contributed by atoms with Crippen molar-refractivity contribution in [3.63, 3.8) is 0 Å². The van der Waals surface area contributed by atoms with Crippen molar-refractivity contribution in [2.45, 2.75) is 25.7 Å². The van der Waals surface area contributed by atoms with E-state index < -0.39 is 17.9 Å². The highest BCUT2D eigenvalue weighted by Crippen LogP contribution is 2.23. The molecule has 0 spiro atoms. The summed E-state index contributed by atoms with van der Waals surface area (Å²) in [6, 6.07) is 3.38. The number of carbonyl (C=O) groups is 2. The lowest BCUT2D eigenvalue weighted by atomic mass is 9.93. The van der Waals surface area contributed by atoms with E-state index in [1.54, 1.807) is 25.3 Å². The van der Waals surface area contributed by atoms with Gasteiger partial charge in [-0.3, -0.25) is 14.6 Å². The summed E-state index contributed by atoms with van der Waals surface area (Å²) in [4.78, 5) is 25.3. The van der Waals surface area contributed by atoms with Crippen LogP contribution < -0.4 is 0 Å². The molecule has 86 valence electrons. The van der Waals surface area contributed by atoms with Gasteiger partial charge in [-0.05, 0) is 24.6 Å². The van der Waals surface area contributed by atoms with Crippen molar-refractivity contribution >= 4 is 11.9 Å². The maximum atomic E-state index is 10.6. The van der Waals surface area contributed by atoms with Crippen LogP contribution >= 0.6 is 0 Å². The number of aryl methyl sites for hydroxylation is 1. The molecular formula is C11H13NO4. The molecule has 0 amide bonds. The Hall–Kier alpha value is -1.91. The van der Waals surface area contributed by atoms with E-state index in [0.29, 0.717) is 5.56 Å². The fraction of sp³-hybridized carbons (Fsp3) is 0.364. The lowest BCUT2D eigenvalue weighted by Crippen LogP contribution is -2.11. The summed E-state index contributed by atoms with van der Waals surface area (Å²) >= 11 is 0. The monoisotopic (exact) mass is 223 g/mol. The number of hydrogen-bond acceptors (Lipinski definition) is 3. The van der Waals surface area contributed by atoms with Crippen LogP contribution in [-0.2, 0) is 9.59 Å². The van der Waals surface area contributed by atoms with Crippen LogP contribution in [-0.4, -0.2) is 27.1 Å². The van der Waals surface area contributed by atoms with E-state index in [1.807, 2.05) is 0 Å². The molecule has 1 heterocycles. The molecule has 5 heteroatoms. The summed E-state index contributed by atoms with van der Waals surface area (Å²) in [7, 11) is 0. The Morgan fingerprint density at radius 2 is 1.88 bits per heavy atom. The van der Waals surface area contributed by atoms with Crippen molar-refractivity contribution in [1.29, 1.82) is 0 Å². The zero-order valence-corrected chi connectivity index (χ0v) is 8.88. The van der Waals surface area contributed by atoms with Crippen LogP contribution in [0.25, 0.3) is 0 Å². The zero-order chi connectivity index (χ0) is 12.1. The minimum atomic E-state index is -0.999. The number of aliphatic carboxylic acids is 2. The molecule has 1 aromatic rings. The summed E-state index contributed by atoms with van der Waals surface area (Å²) in [6.45, 7) is 1.78. The predicted molar refractivity (Wildman–Crippen MR) is 56.2 cm³/mol. The molecule has 0 atom stereocenters. The number of nitrogens with zero attached hydrogens (tertiary/aromatic N) is 1. The van der Waals surface area contributed by atoms with E-state index in [4.69, 9.17) is 10.2 Å². The second-order valence-corrected chi connectivity index (χ2v) is 3.62. The van der Waals surface area contributed by atoms with E-state index in [2.05, 4.69) is 4.98 Å². The highest BCUT2D eigenvalue weighted by atomic mass is 16.4. The van der Waals surface area contributed by atoms with Crippen LogP contribution in [0.3, 0.4) is 0 Å². The van der Waals surface area contributed by atoms with E-state index >= 15 is 0 Å². The van der Waals surface area contributed by atoms with E-state index in [9.17, 15) is 9.59 Å². The molecule has 0 saturated heterocycles. The molecule has 1 rings (SSSR count). The number of hydrogen-bond donors (Lipinski definition) is 2. The Balaban J connectivity index is 2.90. The Bertz CT molecular complexity index is 387. The van der Waals surface area contributed by atoms with Gasteiger partial charge in [0.1, 0.15) is 0 Å². The fourth-order valence-corrected chi connectivity index (χ4v) is 1.55. The molecule has 1 aromatic heterocycles. The first-order chi connectivity index (χ1) is 7.49. The van der Waals surface area contributed by atoms with Gasteiger partial charge in [-0.2, -0.15) is 0 Å². The number of aromatic nitrogens is 1. The van der Waals surface area contributed by atoms with E-state index in [0.717, 1.165) is 5.69 Å². The maximum absolute atomic E-state index is 10.6. The largest absolute Gasteiger partial charge is 0.481 e. The molecular weight excluding hydrogens is 210 g/mol. The molecule has 0 fully saturated rings. The third-order valence-corrected chi connectivity index (χ3v) is 2.23. The lowest BCUT2D eigenvalue weighted by molar-refractivity contribution is -0.139. The average molecular weight is 223 g/mol. The first kappa shape index (κ1) is 12.2. The molecule has 5 nitrogen and oxygen atoms in total. The first-order valence-electron chi connectivity index (χ1n) is 4.85. The van der Waals surface area contributed by atoms with Crippen molar-refractivity contribution in [3.8, 4) is 0 Å². The number of carboxylic acids is 2. The van der Waals surface area contributed by atoms with Gasteiger partial charge in [0.15, 0.2) is 0 Å². The summed E-state index contributed by atoms with van der Waals surface area (Å²) in [6.07, 6.45) is 1.19. The second kappa shape index (κ2) is 5.25. The van der Waals surface area contributed by atoms with Crippen LogP contribution in [0, 0.1) is 6.92 Å². The van der Waals surface area contributed by atoms with Gasteiger partial charge in [-0.1, -0.05) is 0 Å². The normalized spacial score (nSPS) is 10.4. The third kappa shape index (κ3) is 3.68. The molecule has 0 aliphatic rings. The SMILES string of the molecule is Cc1cc(C(CC(=O)O)CC(=O)O)ccn1. The Kier molecular flexibility index (Phi) is 3.99. The van der Waals surface area contributed by atoms with Gasteiger partial charge in [0.25, 0.3) is 0 Å².